The first-order valence-corrected chi connectivity index (χ1v) is 10.1. The summed E-state index contributed by atoms with van der Waals surface area (Å²) in [7, 11) is -1.94. The minimum atomic E-state index is -3.49. The van der Waals surface area contributed by atoms with Crippen molar-refractivity contribution in [3.8, 4) is 5.75 Å². The Balaban J connectivity index is 1.66. The second-order valence-electron chi connectivity index (χ2n) is 6.51. The lowest BCUT2D eigenvalue weighted by molar-refractivity contribution is -0.933. The van der Waals surface area contributed by atoms with Crippen LogP contribution in [0.15, 0.2) is 53.4 Å². The van der Waals surface area contributed by atoms with Crippen molar-refractivity contribution in [2.24, 2.45) is 0 Å². The fourth-order valence-electron chi connectivity index (χ4n) is 3.33. The van der Waals surface area contributed by atoms with Crippen LogP contribution in [0.5, 0.6) is 5.75 Å². The molecule has 1 N–H and O–H groups in total. The fraction of sp³-hybridized carbons (Fsp3) is 0.368. The molecule has 2 aromatic rings. The lowest BCUT2D eigenvalue weighted by Crippen LogP contribution is -3.14. The van der Waals surface area contributed by atoms with Gasteiger partial charge >= 0.3 is 0 Å². The lowest BCUT2D eigenvalue weighted by atomic mass is 10.1. The number of sulfonamides is 1. The van der Waals surface area contributed by atoms with E-state index in [4.69, 9.17) is 4.74 Å². The van der Waals surface area contributed by atoms with Crippen LogP contribution in [0.1, 0.15) is 18.5 Å². The van der Waals surface area contributed by atoms with Gasteiger partial charge in [-0.1, -0.05) is 12.1 Å². The number of quaternary nitrogens is 1. The smallest absolute Gasteiger partial charge is 0.243 e. The van der Waals surface area contributed by atoms with Crippen LogP contribution in [-0.2, 0) is 10.0 Å². The molecule has 1 heterocycles. The Morgan fingerprint density at radius 3 is 2.15 bits per heavy atom. The Morgan fingerprint density at radius 2 is 1.62 bits per heavy atom. The molecule has 0 radical (unpaired) electrons. The molecule has 1 fully saturated rings. The summed E-state index contributed by atoms with van der Waals surface area (Å²) in [6, 6.07) is 13.2. The molecule has 5 nitrogen and oxygen atoms in total. The Morgan fingerprint density at radius 1 is 1.04 bits per heavy atom. The average molecular weight is 379 g/mol. The first-order chi connectivity index (χ1) is 12.4. The maximum Gasteiger partial charge on any atom is 0.243 e. The van der Waals surface area contributed by atoms with Gasteiger partial charge in [0.15, 0.2) is 0 Å². The number of benzene rings is 2. The topological polar surface area (TPSA) is 51.1 Å². The fourth-order valence-corrected chi connectivity index (χ4v) is 4.77. The number of nitrogens with one attached hydrogen (secondary N) is 1. The van der Waals surface area contributed by atoms with Crippen molar-refractivity contribution in [3.63, 3.8) is 0 Å². The number of ether oxygens (including phenoxy) is 1. The van der Waals surface area contributed by atoms with Crippen LogP contribution in [0, 0.1) is 5.82 Å². The van der Waals surface area contributed by atoms with Gasteiger partial charge in [0.25, 0.3) is 0 Å². The van der Waals surface area contributed by atoms with Crippen LogP contribution in [-0.4, -0.2) is 46.0 Å². The molecule has 1 aliphatic rings. The van der Waals surface area contributed by atoms with Gasteiger partial charge in [0, 0.05) is 5.56 Å². The van der Waals surface area contributed by atoms with Crippen molar-refractivity contribution >= 4 is 10.0 Å². The molecule has 3 rings (SSSR count). The van der Waals surface area contributed by atoms with E-state index in [-0.39, 0.29) is 16.8 Å². The summed E-state index contributed by atoms with van der Waals surface area (Å²) >= 11 is 0. The summed E-state index contributed by atoms with van der Waals surface area (Å²) in [6.45, 7) is 4.46. The average Bonchev–Trinajstić information content (AvgIpc) is 2.68. The molecule has 0 saturated carbocycles. The molecular formula is C19H24FN2O3S+. The summed E-state index contributed by atoms with van der Waals surface area (Å²) in [5, 5.41) is 0. The minimum absolute atomic E-state index is 0.196. The highest BCUT2D eigenvalue weighted by Crippen LogP contribution is 2.20. The standard InChI is InChI=1S/C19H23FN2O3S/c1-15(16-3-5-17(20)6-4-16)21-11-13-22(14-12-21)26(23,24)19-9-7-18(25-2)8-10-19/h3-10,15H,11-14H2,1-2H3/p+1/t15-/m0/s1. The second kappa shape index (κ2) is 7.73. The van der Waals surface area contributed by atoms with Crippen LogP contribution >= 0.6 is 0 Å². The largest absolute Gasteiger partial charge is 0.497 e. The molecule has 26 heavy (non-hydrogen) atoms. The van der Waals surface area contributed by atoms with Gasteiger partial charge < -0.3 is 9.64 Å². The van der Waals surface area contributed by atoms with Gasteiger partial charge in [-0.3, -0.25) is 0 Å². The number of piperazine rings is 1. The zero-order chi connectivity index (χ0) is 18.7. The molecule has 2 aromatic carbocycles. The van der Waals surface area contributed by atoms with Crippen LogP contribution in [0.4, 0.5) is 4.39 Å². The zero-order valence-electron chi connectivity index (χ0n) is 15.0. The Hall–Kier alpha value is -1.96. The van der Waals surface area contributed by atoms with E-state index in [0.717, 1.165) is 5.56 Å². The number of hydrogen-bond acceptors (Lipinski definition) is 3. The Kier molecular flexibility index (Phi) is 5.60. The molecule has 0 aliphatic carbocycles. The van der Waals surface area contributed by atoms with Crippen LogP contribution in [0.3, 0.4) is 0 Å². The molecule has 1 aliphatic heterocycles. The third kappa shape index (κ3) is 3.90. The minimum Gasteiger partial charge on any atom is -0.497 e. The molecule has 0 aromatic heterocycles. The summed E-state index contributed by atoms with van der Waals surface area (Å²) in [5.74, 6) is 0.387. The first kappa shape index (κ1) is 18.8. The number of halogens is 1. The van der Waals surface area contributed by atoms with E-state index < -0.39 is 10.0 Å². The molecule has 7 heteroatoms. The van der Waals surface area contributed by atoms with Gasteiger partial charge in [0.2, 0.25) is 10.0 Å². The zero-order valence-corrected chi connectivity index (χ0v) is 15.8. The molecule has 140 valence electrons. The predicted octanol–water partition coefficient (Wildman–Crippen LogP) is 1.48. The number of rotatable bonds is 5. The Bertz CT molecular complexity index is 830. The molecule has 1 atom stereocenters. The Labute approximate surface area is 154 Å². The van der Waals surface area contributed by atoms with E-state index in [0.29, 0.717) is 31.9 Å². The van der Waals surface area contributed by atoms with E-state index in [1.165, 1.54) is 21.3 Å². The normalized spacial score (nSPS) is 17.8. The molecule has 0 spiro atoms. The van der Waals surface area contributed by atoms with Crippen molar-refractivity contribution in [1.29, 1.82) is 0 Å². The maximum atomic E-state index is 13.1. The molecular weight excluding hydrogens is 355 g/mol. The first-order valence-electron chi connectivity index (χ1n) is 8.66. The van der Waals surface area contributed by atoms with E-state index in [1.807, 2.05) is 0 Å². The molecule has 0 bridgehead atoms. The maximum absolute atomic E-state index is 13.1. The van der Waals surface area contributed by atoms with Crippen LogP contribution < -0.4 is 9.64 Å². The lowest BCUT2D eigenvalue weighted by Gasteiger charge is -2.35. The van der Waals surface area contributed by atoms with Gasteiger partial charge in [-0.25, -0.2) is 12.8 Å². The van der Waals surface area contributed by atoms with Crippen molar-refractivity contribution < 1.29 is 22.4 Å². The van der Waals surface area contributed by atoms with Gasteiger partial charge in [-0.15, -0.1) is 0 Å². The van der Waals surface area contributed by atoms with E-state index >= 15 is 0 Å². The summed E-state index contributed by atoms with van der Waals surface area (Å²) in [5.41, 5.74) is 1.06. The predicted molar refractivity (Wildman–Crippen MR) is 97.3 cm³/mol. The number of methoxy groups -OCH3 is 1. The monoisotopic (exact) mass is 379 g/mol. The van der Waals surface area contributed by atoms with Gasteiger partial charge in [-0.05, 0) is 43.3 Å². The second-order valence-corrected chi connectivity index (χ2v) is 8.45. The van der Waals surface area contributed by atoms with E-state index in [2.05, 4.69) is 6.92 Å². The molecule has 1 saturated heterocycles. The van der Waals surface area contributed by atoms with E-state index in [9.17, 15) is 12.8 Å². The van der Waals surface area contributed by atoms with Crippen molar-refractivity contribution in [1.82, 2.24) is 4.31 Å². The highest BCUT2D eigenvalue weighted by Gasteiger charge is 2.32. The summed E-state index contributed by atoms with van der Waals surface area (Å²) < 4.78 is 45.3. The number of nitrogens with zero attached hydrogens (tertiary/aromatic N) is 1. The van der Waals surface area contributed by atoms with Gasteiger partial charge in [0.1, 0.15) is 17.6 Å². The van der Waals surface area contributed by atoms with Gasteiger partial charge in [0.05, 0.1) is 38.2 Å². The number of hydrogen-bond donors (Lipinski definition) is 1. The third-order valence-corrected chi connectivity index (χ3v) is 6.96. The highest BCUT2D eigenvalue weighted by molar-refractivity contribution is 7.89. The van der Waals surface area contributed by atoms with Gasteiger partial charge in [-0.2, -0.15) is 4.31 Å². The van der Waals surface area contributed by atoms with E-state index in [1.54, 1.807) is 43.5 Å². The molecule has 0 amide bonds. The summed E-state index contributed by atoms with van der Waals surface area (Å²) in [4.78, 5) is 1.59. The quantitative estimate of drug-likeness (QED) is 0.856. The van der Waals surface area contributed by atoms with Crippen molar-refractivity contribution in [3.05, 3.63) is 59.9 Å². The molecule has 0 unspecified atom stereocenters. The summed E-state index contributed by atoms with van der Waals surface area (Å²) in [6.07, 6.45) is 0. The third-order valence-electron chi connectivity index (χ3n) is 5.04. The highest BCUT2D eigenvalue weighted by atomic mass is 32.2. The van der Waals surface area contributed by atoms with Crippen LogP contribution in [0.2, 0.25) is 0 Å². The SMILES string of the molecule is COc1ccc(S(=O)(=O)N2CC[NH+]([C@@H](C)c3ccc(F)cc3)CC2)cc1. The van der Waals surface area contributed by atoms with Crippen molar-refractivity contribution in [2.75, 3.05) is 33.3 Å². The van der Waals surface area contributed by atoms with Crippen molar-refractivity contribution in [2.45, 2.75) is 17.9 Å². The van der Waals surface area contributed by atoms with Crippen LogP contribution in [0.25, 0.3) is 0 Å².